The van der Waals surface area contributed by atoms with Crippen molar-refractivity contribution in [3.8, 4) is 0 Å². The predicted octanol–water partition coefficient (Wildman–Crippen LogP) is 2.45. The van der Waals surface area contributed by atoms with Crippen LogP contribution in [0.5, 0.6) is 0 Å². The van der Waals surface area contributed by atoms with E-state index in [1.54, 1.807) is 0 Å². The van der Waals surface area contributed by atoms with Crippen LogP contribution < -0.4 is 0 Å². The van der Waals surface area contributed by atoms with E-state index in [2.05, 4.69) is 0 Å². The van der Waals surface area contributed by atoms with Crippen molar-refractivity contribution in [1.29, 1.82) is 0 Å². The van der Waals surface area contributed by atoms with E-state index in [0.717, 1.165) is 5.56 Å². The number of ether oxygens (including phenoxy) is 1. The van der Waals surface area contributed by atoms with Crippen molar-refractivity contribution < 1.29 is 14.3 Å². The molecule has 94 valence electrons. The number of benzene rings is 1. The van der Waals surface area contributed by atoms with Crippen molar-refractivity contribution in [2.75, 3.05) is 6.61 Å². The van der Waals surface area contributed by atoms with Crippen LogP contribution in [0, 0.1) is 0 Å². The molecule has 1 heterocycles. The molecule has 0 saturated carbocycles. The largest absolute Gasteiger partial charge is 0.462 e. The van der Waals surface area contributed by atoms with E-state index >= 15 is 0 Å². The minimum atomic E-state index is -0.231. The summed E-state index contributed by atoms with van der Waals surface area (Å²) in [6.07, 6.45) is 4.07. The van der Waals surface area contributed by atoms with Crippen molar-refractivity contribution in [2.45, 2.75) is 25.7 Å². The van der Waals surface area contributed by atoms with Crippen LogP contribution in [0.4, 0.5) is 0 Å². The Labute approximate surface area is 106 Å². The number of hydrogen-bond acceptors (Lipinski definition) is 3. The fourth-order valence-electron chi connectivity index (χ4n) is 1.95. The molecule has 1 fully saturated rings. The minimum Gasteiger partial charge on any atom is -0.462 e. The molecule has 1 aromatic rings. The average molecular weight is 244 g/mol. The molecule has 18 heavy (non-hydrogen) atoms. The summed E-state index contributed by atoms with van der Waals surface area (Å²) in [7, 11) is 0. The SMILES string of the molecule is O=C(CC/C=C1/CCOC1=O)Cc1ccccc1. The standard InChI is InChI=1S/C15H16O3/c16-14(11-12-5-2-1-3-6-12)8-4-7-13-9-10-18-15(13)17/h1-3,5-7H,4,8-11H2/b13-7-. The normalized spacial score (nSPS) is 16.9. The summed E-state index contributed by atoms with van der Waals surface area (Å²) in [6, 6.07) is 9.69. The highest BCUT2D eigenvalue weighted by atomic mass is 16.5. The van der Waals surface area contributed by atoms with E-state index in [1.165, 1.54) is 0 Å². The quantitative estimate of drug-likeness (QED) is 0.590. The molecule has 1 saturated heterocycles. The highest BCUT2D eigenvalue weighted by Gasteiger charge is 2.17. The molecule has 3 nitrogen and oxygen atoms in total. The maximum absolute atomic E-state index is 11.7. The van der Waals surface area contributed by atoms with Crippen molar-refractivity contribution in [3.05, 3.63) is 47.5 Å². The van der Waals surface area contributed by atoms with Crippen LogP contribution in [0.25, 0.3) is 0 Å². The summed E-state index contributed by atoms with van der Waals surface area (Å²) in [4.78, 5) is 22.9. The lowest BCUT2D eigenvalue weighted by Gasteiger charge is -1.99. The van der Waals surface area contributed by atoms with E-state index in [4.69, 9.17) is 4.74 Å². The summed E-state index contributed by atoms with van der Waals surface area (Å²) in [6.45, 7) is 0.475. The summed E-state index contributed by atoms with van der Waals surface area (Å²) in [5.74, 6) is -0.0325. The number of allylic oxidation sites excluding steroid dienone is 1. The van der Waals surface area contributed by atoms with E-state index < -0.39 is 0 Å². The first-order valence-corrected chi connectivity index (χ1v) is 6.17. The van der Waals surface area contributed by atoms with Gasteiger partial charge in [-0.2, -0.15) is 0 Å². The first-order valence-electron chi connectivity index (χ1n) is 6.17. The molecule has 0 amide bonds. The minimum absolute atomic E-state index is 0.199. The van der Waals surface area contributed by atoms with Gasteiger partial charge in [0.05, 0.1) is 6.61 Å². The van der Waals surface area contributed by atoms with Crippen LogP contribution in [-0.4, -0.2) is 18.4 Å². The average Bonchev–Trinajstić information content (AvgIpc) is 2.76. The van der Waals surface area contributed by atoms with Crippen LogP contribution in [0.1, 0.15) is 24.8 Å². The molecule has 0 unspecified atom stereocenters. The van der Waals surface area contributed by atoms with Crippen molar-refractivity contribution in [3.63, 3.8) is 0 Å². The highest BCUT2D eigenvalue weighted by Crippen LogP contribution is 2.14. The molecule has 0 spiro atoms. The Bertz CT molecular complexity index is 460. The molecule has 1 aliphatic rings. The summed E-state index contributed by atoms with van der Waals surface area (Å²) in [5.41, 5.74) is 1.75. The molecular formula is C15H16O3. The zero-order valence-electron chi connectivity index (χ0n) is 10.2. The second kappa shape index (κ2) is 6.15. The van der Waals surface area contributed by atoms with E-state index in [9.17, 15) is 9.59 Å². The smallest absolute Gasteiger partial charge is 0.333 e. The maximum Gasteiger partial charge on any atom is 0.333 e. The van der Waals surface area contributed by atoms with Crippen LogP contribution in [0.15, 0.2) is 42.0 Å². The summed E-state index contributed by atoms with van der Waals surface area (Å²) < 4.78 is 4.83. The Morgan fingerprint density at radius 3 is 2.72 bits per heavy atom. The first kappa shape index (κ1) is 12.6. The molecule has 0 aromatic heterocycles. The zero-order valence-corrected chi connectivity index (χ0v) is 10.2. The summed E-state index contributed by atoms with van der Waals surface area (Å²) in [5, 5.41) is 0. The molecule has 2 rings (SSSR count). The second-order valence-corrected chi connectivity index (χ2v) is 4.36. The fraction of sp³-hybridized carbons (Fsp3) is 0.333. The van der Waals surface area contributed by atoms with Gasteiger partial charge >= 0.3 is 5.97 Å². The topological polar surface area (TPSA) is 43.4 Å². The van der Waals surface area contributed by atoms with Gasteiger partial charge < -0.3 is 4.74 Å². The number of esters is 1. The van der Waals surface area contributed by atoms with Crippen molar-refractivity contribution >= 4 is 11.8 Å². The maximum atomic E-state index is 11.7. The molecule has 0 aliphatic carbocycles. The molecule has 3 heteroatoms. The second-order valence-electron chi connectivity index (χ2n) is 4.36. The van der Waals surface area contributed by atoms with Crippen LogP contribution >= 0.6 is 0 Å². The molecule has 0 atom stereocenters. The van der Waals surface area contributed by atoms with Crippen molar-refractivity contribution in [1.82, 2.24) is 0 Å². The number of hydrogen-bond donors (Lipinski definition) is 0. The number of Topliss-reactive ketones (excluding diaryl/α,β-unsaturated/α-hetero) is 1. The number of rotatable bonds is 5. The number of cyclic esters (lactones) is 1. The Hall–Kier alpha value is -1.90. The van der Waals surface area contributed by atoms with Gasteiger partial charge in [-0.1, -0.05) is 36.4 Å². The van der Waals surface area contributed by atoms with E-state index in [-0.39, 0.29) is 11.8 Å². The number of ketones is 1. The molecular weight excluding hydrogens is 228 g/mol. The molecule has 1 aliphatic heterocycles. The zero-order chi connectivity index (χ0) is 12.8. The lowest BCUT2D eigenvalue weighted by atomic mass is 10.0. The van der Waals surface area contributed by atoms with Gasteiger partial charge in [0.15, 0.2) is 0 Å². The lowest BCUT2D eigenvalue weighted by molar-refractivity contribution is -0.135. The Morgan fingerprint density at radius 1 is 1.28 bits per heavy atom. The van der Waals surface area contributed by atoms with Gasteiger partial charge in [-0.15, -0.1) is 0 Å². The summed E-state index contributed by atoms with van der Waals surface area (Å²) >= 11 is 0. The van der Waals surface area contributed by atoms with Crippen LogP contribution in [0.2, 0.25) is 0 Å². The molecule has 0 N–H and O–H groups in total. The predicted molar refractivity (Wildman–Crippen MR) is 68.0 cm³/mol. The molecule has 0 bridgehead atoms. The van der Waals surface area contributed by atoms with Gasteiger partial charge in [0.25, 0.3) is 0 Å². The highest BCUT2D eigenvalue weighted by molar-refractivity contribution is 5.90. The van der Waals surface area contributed by atoms with Gasteiger partial charge in [-0.05, 0) is 12.0 Å². The molecule has 0 radical (unpaired) electrons. The van der Waals surface area contributed by atoms with E-state index in [0.29, 0.717) is 37.9 Å². The Balaban J connectivity index is 1.77. The fourth-order valence-corrected chi connectivity index (χ4v) is 1.95. The van der Waals surface area contributed by atoms with Gasteiger partial charge in [-0.25, -0.2) is 4.79 Å². The third kappa shape index (κ3) is 3.55. The number of carbonyl (C=O) groups excluding carboxylic acids is 2. The van der Waals surface area contributed by atoms with Gasteiger partial charge in [-0.3, -0.25) is 4.79 Å². The first-order chi connectivity index (χ1) is 8.75. The van der Waals surface area contributed by atoms with Gasteiger partial charge in [0.1, 0.15) is 5.78 Å². The van der Waals surface area contributed by atoms with Gasteiger partial charge in [0, 0.05) is 24.8 Å². The van der Waals surface area contributed by atoms with Gasteiger partial charge in [0.2, 0.25) is 0 Å². The van der Waals surface area contributed by atoms with Crippen LogP contribution in [0.3, 0.4) is 0 Å². The molecule has 1 aromatic carbocycles. The lowest BCUT2D eigenvalue weighted by Crippen LogP contribution is -2.02. The van der Waals surface area contributed by atoms with Crippen molar-refractivity contribution in [2.24, 2.45) is 0 Å². The third-order valence-electron chi connectivity index (χ3n) is 2.92. The number of carbonyl (C=O) groups is 2. The Morgan fingerprint density at radius 2 is 2.06 bits per heavy atom. The monoisotopic (exact) mass is 244 g/mol. The Kier molecular flexibility index (Phi) is 4.29. The third-order valence-corrected chi connectivity index (χ3v) is 2.92. The van der Waals surface area contributed by atoms with E-state index in [1.807, 2.05) is 36.4 Å². The van der Waals surface area contributed by atoms with Crippen LogP contribution in [-0.2, 0) is 20.7 Å².